The zero-order valence-corrected chi connectivity index (χ0v) is 13.8. The number of anilines is 1. The summed E-state index contributed by atoms with van der Waals surface area (Å²) in [5, 5.41) is 7.59. The molecule has 2 aromatic carbocycles. The van der Waals surface area contributed by atoms with Gasteiger partial charge in [-0.05, 0) is 36.6 Å². The molecule has 2 heterocycles. The van der Waals surface area contributed by atoms with Gasteiger partial charge in [0.05, 0.1) is 11.9 Å². The first kappa shape index (κ1) is 14.7. The van der Waals surface area contributed by atoms with Crippen molar-refractivity contribution in [1.82, 2.24) is 9.78 Å². The molecule has 1 unspecified atom stereocenters. The van der Waals surface area contributed by atoms with Crippen LogP contribution in [-0.2, 0) is 4.79 Å². The highest BCUT2D eigenvalue weighted by Gasteiger charge is 2.31. The zero-order valence-electron chi connectivity index (χ0n) is 13.8. The summed E-state index contributed by atoms with van der Waals surface area (Å²) in [6.07, 6.45) is 2.34. The minimum atomic E-state index is 0.0334. The molecule has 1 aliphatic rings. The molecule has 0 saturated carbocycles. The number of amides is 1. The predicted octanol–water partition coefficient (Wildman–Crippen LogP) is 3.96. The topological polar surface area (TPSA) is 46.9 Å². The molecule has 24 heavy (non-hydrogen) atoms. The molecule has 0 spiro atoms. The standard InChI is InChI=1S/C20H19N3O/c1-13-7-3-5-9-15(13)16-11-19(24)22-20-17(16)12-21-23(20)18-10-6-4-8-14(18)2/h3-10,12,16H,11H2,1-2H3,(H,22,24). The summed E-state index contributed by atoms with van der Waals surface area (Å²) in [7, 11) is 0. The van der Waals surface area contributed by atoms with E-state index in [2.05, 4.69) is 29.5 Å². The Labute approximate surface area is 141 Å². The van der Waals surface area contributed by atoms with Crippen LogP contribution in [0.15, 0.2) is 54.7 Å². The number of hydrogen-bond donors (Lipinski definition) is 1. The van der Waals surface area contributed by atoms with Crippen molar-refractivity contribution in [1.29, 1.82) is 0 Å². The monoisotopic (exact) mass is 317 g/mol. The molecule has 0 aliphatic carbocycles. The van der Waals surface area contributed by atoms with Crippen molar-refractivity contribution in [2.24, 2.45) is 0 Å². The molecular formula is C20H19N3O. The third-order valence-corrected chi connectivity index (χ3v) is 4.73. The molecule has 0 saturated heterocycles. The van der Waals surface area contributed by atoms with Gasteiger partial charge in [0.25, 0.3) is 0 Å². The third-order valence-electron chi connectivity index (χ3n) is 4.73. The number of nitrogens with zero attached hydrogens (tertiary/aromatic N) is 2. The van der Waals surface area contributed by atoms with Crippen molar-refractivity contribution in [3.05, 3.63) is 77.0 Å². The lowest BCUT2D eigenvalue weighted by Gasteiger charge is -2.25. The maximum Gasteiger partial charge on any atom is 0.226 e. The van der Waals surface area contributed by atoms with Gasteiger partial charge in [-0.1, -0.05) is 42.5 Å². The fourth-order valence-corrected chi connectivity index (χ4v) is 3.46. The van der Waals surface area contributed by atoms with Crippen LogP contribution in [0, 0.1) is 13.8 Å². The zero-order chi connectivity index (χ0) is 16.7. The molecular weight excluding hydrogens is 298 g/mol. The number of carbonyl (C=O) groups is 1. The summed E-state index contributed by atoms with van der Waals surface area (Å²) >= 11 is 0. The second-order valence-corrected chi connectivity index (χ2v) is 6.31. The molecule has 0 fully saturated rings. The molecule has 1 amide bonds. The van der Waals surface area contributed by atoms with Crippen LogP contribution < -0.4 is 5.32 Å². The van der Waals surface area contributed by atoms with Gasteiger partial charge < -0.3 is 5.32 Å². The Kier molecular flexibility index (Phi) is 3.45. The van der Waals surface area contributed by atoms with E-state index < -0.39 is 0 Å². The lowest BCUT2D eigenvalue weighted by atomic mass is 9.85. The van der Waals surface area contributed by atoms with Crippen LogP contribution in [-0.4, -0.2) is 15.7 Å². The van der Waals surface area contributed by atoms with Crippen LogP contribution in [0.3, 0.4) is 0 Å². The molecule has 1 atom stereocenters. The van der Waals surface area contributed by atoms with Crippen molar-refractivity contribution in [2.75, 3.05) is 5.32 Å². The predicted molar refractivity (Wildman–Crippen MR) is 94.6 cm³/mol. The van der Waals surface area contributed by atoms with E-state index in [4.69, 9.17) is 0 Å². The maximum atomic E-state index is 12.3. The smallest absolute Gasteiger partial charge is 0.226 e. The summed E-state index contributed by atoms with van der Waals surface area (Å²) in [6.45, 7) is 4.14. The number of benzene rings is 2. The Hall–Kier alpha value is -2.88. The van der Waals surface area contributed by atoms with E-state index in [1.54, 1.807) is 0 Å². The molecule has 4 nitrogen and oxygen atoms in total. The van der Waals surface area contributed by atoms with Crippen molar-refractivity contribution in [3.8, 4) is 5.69 Å². The average molecular weight is 317 g/mol. The van der Waals surface area contributed by atoms with Crippen LogP contribution in [0.4, 0.5) is 5.82 Å². The fourth-order valence-electron chi connectivity index (χ4n) is 3.46. The number of hydrogen-bond acceptors (Lipinski definition) is 2. The highest BCUT2D eigenvalue weighted by Crippen LogP contribution is 2.39. The summed E-state index contributed by atoms with van der Waals surface area (Å²) in [5.74, 6) is 0.868. The van der Waals surface area contributed by atoms with Crippen molar-refractivity contribution in [3.63, 3.8) is 0 Å². The van der Waals surface area contributed by atoms with Gasteiger partial charge in [0.15, 0.2) is 0 Å². The first-order valence-electron chi connectivity index (χ1n) is 8.14. The Morgan fingerprint density at radius 1 is 1.00 bits per heavy atom. The lowest BCUT2D eigenvalue weighted by molar-refractivity contribution is -0.116. The molecule has 1 aliphatic heterocycles. The number of aromatic nitrogens is 2. The number of aryl methyl sites for hydroxylation is 2. The summed E-state index contributed by atoms with van der Waals surface area (Å²) in [6, 6.07) is 16.3. The minimum absolute atomic E-state index is 0.0334. The quantitative estimate of drug-likeness (QED) is 0.777. The van der Waals surface area contributed by atoms with Crippen LogP contribution in [0.2, 0.25) is 0 Å². The van der Waals surface area contributed by atoms with E-state index in [1.807, 2.05) is 54.2 Å². The molecule has 0 bridgehead atoms. The van der Waals surface area contributed by atoms with E-state index in [0.29, 0.717) is 6.42 Å². The second kappa shape index (κ2) is 5.64. The number of para-hydroxylation sites is 1. The lowest BCUT2D eigenvalue weighted by Crippen LogP contribution is -2.25. The van der Waals surface area contributed by atoms with Crippen LogP contribution in [0.25, 0.3) is 5.69 Å². The fraction of sp³-hybridized carbons (Fsp3) is 0.200. The molecule has 0 radical (unpaired) electrons. The van der Waals surface area contributed by atoms with Crippen molar-refractivity contribution < 1.29 is 4.79 Å². The largest absolute Gasteiger partial charge is 0.310 e. The summed E-state index contributed by atoms with van der Waals surface area (Å²) in [4.78, 5) is 12.3. The molecule has 120 valence electrons. The van der Waals surface area contributed by atoms with Gasteiger partial charge in [-0.25, -0.2) is 4.68 Å². The van der Waals surface area contributed by atoms with Gasteiger partial charge in [0.1, 0.15) is 5.82 Å². The first-order chi connectivity index (χ1) is 11.6. The minimum Gasteiger partial charge on any atom is -0.310 e. The van der Waals surface area contributed by atoms with Gasteiger partial charge in [0, 0.05) is 17.9 Å². The average Bonchev–Trinajstić information content (AvgIpc) is 2.99. The normalized spacial score (nSPS) is 16.6. The van der Waals surface area contributed by atoms with Gasteiger partial charge in [-0.2, -0.15) is 5.10 Å². The van der Waals surface area contributed by atoms with E-state index in [9.17, 15) is 4.79 Å². The Balaban J connectivity index is 1.87. The maximum absolute atomic E-state index is 12.3. The van der Waals surface area contributed by atoms with Crippen LogP contribution in [0.5, 0.6) is 0 Å². The van der Waals surface area contributed by atoms with E-state index >= 15 is 0 Å². The molecule has 1 N–H and O–H groups in total. The molecule has 3 aromatic rings. The number of nitrogens with one attached hydrogen (secondary N) is 1. The Morgan fingerprint density at radius 3 is 2.46 bits per heavy atom. The number of rotatable bonds is 2. The molecule has 1 aromatic heterocycles. The molecule has 4 rings (SSSR count). The number of carbonyl (C=O) groups excluding carboxylic acids is 1. The van der Waals surface area contributed by atoms with Crippen LogP contribution in [0.1, 0.15) is 34.6 Å². The van der Waals surface area contributed by atoms with Gasteiger partial charge in [-0.15, -0.1) is 0 Å². The number of fused-ring (bicyclic) bond motifs is 1. The van der Waals surface area contributed by atoms with Crippen molar-refractivity contribution >= 4 is 11.7 Å². The summed E-state index contributed by atoms with van der Waals surface area (Å²) in [5.41, 5.74) is 5.58. The summed E-state index contributed by atoms with van der Waals surface area (Å²) < 4.78 is 1.84. The van der Waals surface area contributed by atoms with Crippen molar-refractivity contribution in [2.45, 2.75) is 26.2 Å². The second-order valence-electron chi connectivity index (χ2n) is 6.31. The van der Waals surface area contributed by atoms with Crippen LogP contribution >= 0.6 is 0 Å². The van der Waals surface area contributed by atoms with Gasteiger partial charge in [0.2, 0.25) is 5.91 Å². The third kappa shape index (κ3) is 2.31. The highest BCUT2D eigenvalue weighted by molar-refractivity contribution is 5.94. The van der Waals surface area contributed by atoms with E-state index in [-0.39, 0.29) is 11.8 Å². The van der Waals surface area contributed by atoms with E-state index in [1.165, 1.54) is 11.1 Å². The van der Waals surface area contributed by atoms with Gasteiger partial charge >= 0.3 is 0 Å². The van der Waals surface area contributed by atoms with E-state index in [0.717, 1.165) is 22.6 Å². The first-order valence-corrected chi connectivity index (χ1v) is 8.14. The Morgan fingerprint density at radius 2 is 1.71 bits per heavy atom. The highest BCUT2D eigenvalue weighted by atomic mass is 16.1. The Bertz CT molecular complexity index is 926. The molecule has 4 heteroatoms. The SMILES string of the molecule is Cc1ccccc1C1CC(=O)Nc2c1cnn2-c1ccccc1C. The van der Waals surface area contributed by atoms with Gasteiger partial charge in [-0.3, -0.25) is 4.79 Å².